The number of unbranched alkanes of at least 4 members (excludes halogenated alkanes) is 2. The molecule has 1 aromatic carbocycles. The monoisotopic (exact) mass is 485 g/mol. The van der Waals surface area contributed by atoms with E-state index in [1.807, 2.05) is 24.8 Å². The number of piperidine rings is 1. The van der Waals surface area contributed by atoms with Gasteiger partial charge in [0.15, 0.2) is 5.75 Å². The number of nitrogens with zero attached hydrogens (tertiary/aromatic N) is 2. The number of esters is 1. The molecule has 1 saturated heterocycles. The van der Waals surface area contributed by atoms with Gasteiger partial charge in [-0.2, -0.15) is 0 Å². The lowest BCUT2D eigenvalue weighted by Gasteiger charge is -2.37. The summed E-state index contributed by atoms with van der Waals surface area (Å²) in [6.07, 6.45) is 5.09. The van der Waals surface area contributed by atoms with Gasteiger partial charge in [-0.3, -0.25) is 9.59 Å². The summed E-state index contributed by atoms with van der Waals surface area (Å²) in [6, 6.07) is 7.17. The van der Waals surface area contributed by atoms with E-state index >= 15 is 0 Å². The van der Waals surface area contributed by atoms with Crippen LogP contribution in [0.15, 0.2) is 24.3 Å². The maximum atomic E-state index is 13.8. The number of rotatable bonds is 12. The van der Waals surface area contributed by atoms with Gasteiger partial charge in [0.25, 0.3) is 5.91 Å². The predicted molar refractivity (Wildman–Crippen MR) is 136 cm³/mol. The van der Waals surface area contributed by atoms with Gasteiger partial charge in [0.05, 0.1) is 6.61 Å². The zero-order chi connectivity index (χ0) is 25.2. The zero-order valence-corrected chi connectivity index (χ0v) is 21.5. The molecular formula is C27H39N3O5. The van der Waals surface area contributed by atoms with Crippen molar-refractivity contribution in [3.63, 3.8) is 0 Å². The second kappa shape index (κ2) is 13.4. The van der Waals surface area contributed by atoms with Crippen molar-refractivity contribution in [2.24, 2.45) is 0 Å². The van der Waals surface area contributed by atoms with Crippen molar-refractivity contribution in [3.05, 3.63) is 30.0 Å². The average Bonchev–Trinajstić information content (AvgIpc) is 2.85. The van der Waals surface area contributed by atoms with Crippen LogP contribution in [0.1, 0.15) is 69.8 Å². The first-order valence-electron chi connectivity index (χ1n) is 12.8. The van der Waals surface area contributed by atoms with E-state index in [4.69, 9.17) is 19.2 Å². The molecule has 1 aromatic heterocycles. The molecule has 1 aliphatic rings. The van der Waals surface area contributed by atoms with Crippen LogP contribution in [0.3, 0.4) is 0 Å². The largest absolute Gasteiger partial charge is 0.490 e. The minimum absolute atomic E-state index is 0.00870. The van der Waals surface area contributed by atoms with E-state index in [2.05, 4.69) is 12.2 Å². The molecule has 1 amide bonds. The quantitative estimate of drug-likeness (QED) is 0.272. The number of benzene rings is 1. The molecule has 0 radical (unpaired) electrons. The topological polar surface area (TPSA) is 90.0 Å². The summed E-state index contributed by atoms with van der Waals surface area (Å²) in [5, 5.41) is 4.08. The van der Waals surface area contributed by atoms with Gasteiger partial charge in [-0.05, 0) is 51.8 Å². The lowest BCUT2D eigenvalue weighted by atomic mass is 10.0. The standard InChI is InChI=1S/C27H39N3O5/c1-5-6-7-13-25(31)35-23-12-8-11-21-24(34-16-15-33-4)17-22(29-26(21)23)27(32)30(19(2)3)20-10-9-14-28-18-20/h8,11-12,17,19-20,28H,5-7,9-10,13-16,18H2,1-4H3/t20-/m1/s1. The van der Waals surface area contributed by atoms with Gasteiger partial charge in [0.1, 0.15) is 23.6 Å². The molecule has 8 nitrogen and oxygen atoms in total. The van der Waals surface area contributed by atoms with Gasteiger partial charge in [-0.25, -0.2) is 4.98 Å². The molecule has 8 heteroatoms. The first kappa shape index (κ1) is 26.9. The lowest BCUT2D eigenvalue weighted by molar-refractivity contribution is -0.134. The molecule has 1 fully saturated rings. The molecule has 1 N–H and O–H groups in total. The Morgan fingerprint density at radius 3 is 2.71 bits per heavy atom. The molecule has 0 bridgehead atoms. The summed E-state index contributed by atoms with van der Waals surface area (Å²) in [7, 11) is 1.61. The van der Waals surface area contributed by atoms with Gasteiger partial charge in [-0.15, -0.1) is 0 Å². The summed E-state index contributed by atoms with van der Waals surface area (Å²) in [6.45, 7) is 8.59. The predicted octanol–water partition coefficient (Wildman–Crippen LogP) is 4.35. The summed E-state index contributed by atoms with van der Waals surface area (Å²) in [4.78, 5) is 32.8. The fourth-order valence-electron chi connectivity index (χ4n) is 4.46. The minimum atomic E-state index is -0.302. The second-order valence-corrected chi connectivity index (χ2v) is 9.24. The Labute approximate surface area is 208 Å². The Balaban J connectivity index is 1.99. The van der Waals surface area contributed by atoms with Gasteiger partial charge < -0.3 is 24.4 Å². The van der Waals surface area contributed by atoms with Crippen molar-refractivity contribution < 1.29 is 23.8 Å². The minimum Gasteiger partial charge on any atom is -0.490 e. The Morgan fingerprint density at radius 1 is 1.20 bits per heavy atom. The number of carbonyl (C=O) groups excluding carboxylic acids is 2. The molecular weight excluding hydrogens is 446 g/mol. The third-order valence-electron chi connectivity index (χ3n) is 6.19. The first-order chi connectivity index (χ1) is 17.0. The van der Waals surface area contributed by atoms with Gasteiger partial charge >= 0.3 is 5.97 Å². The highest BCUT2D eigenvalue weighted by molar-refractivity contribution is 5.99. The number of hydrogen-bond donors (Lipinski definition) is 1. The molecule has 0 aliphatic carbocycles. The molecule has 0 saturated carbocycles. The molecule has 3 rings (SSSR count). The van der Waals surface area contributed by atoms with Crippen LogP contribution in [0.5, 0.6) is 11.5 Å². The van der Waals surface area contributed by atoms with Crippen molar-refractivity contribution in [1.29, 1.82) is 0 Å². The molecule has 0 unspecified atom stereocenters. The van der Waals surface area contributed by atoms with Crippen LogP contribution in [-0.2, 0) is 9.53 Å². The van der Waals surface area contributed by atoms with E-state index in [9.17, 15) is 9.59 Å². The fourth-order valence-corrected chi connectivity index (χ4v) is 4.46. The molecule has 35 heavy (non-hydrogen) atoms. The molecule has 1 atom stereocenters. The second-order valence-electron chi connectivity index (χ2n) is 9.24. The van der Waals surface area contributed by atoms with Crippen LogP contribution in [0.2, 0.25) is 0 Å². The van der Waals surface area contributed by atoms with Crippen molar-refractivity contribution >= 4 is 22.8 Å². The first-order valence-corrected chi connectivity index (χ1v) is 12.8. The lowest BCUT2D eigenvalue weighted by Crippen LogP contribution is -2.51. The molecule has 192 valence electrons. The molecule has 2 heterocycles. The van der Waals surface area contributed by atoms with E-state index in [1.165, 1.54) is 0 Å². The van der Waals surface area contributed by atoms with Gasteiger partial charge in [0.2, 0.25) is 0 Å². The average molecular weight is 486 g/mol. The van der Waals surface area contributed by atoms with Crippen LogP contribution in [0.25, 0.3) is 10.9 Å². The molecule has 0 spiro atoms. The fraction of sp³-hybridized carbons (Fsp3) is 0.593. The number of para-hydroxylation sites is 1. The van der Waals surface area contributed by atoms with Crippen molar-refractivity contribution in [2.75, 3.05) is 33.4 Å². The Bertz CT molecular complexity index is 988. The van der Waals surface area contributed by atoms with E-state index in [0.717, 1.165) is 45.2 Å². The van der Waals surface area contributed by atoms with Crippen LogP contribution < -0.4 is 14.8 Å². The number of nitrogens with one attached hydrogen (secondary N) is 1. The summed E-state index contributed by atoms with van der Waals surface area (Å²) < 4.78 is 16.8. The van der Waals surface area contributed by atoms with Gasteiger partial charge in [-0.1, -0.05) is 25.8 Å². The highest BCUT2D eigenvalue weighted by Crippen LogP contribution is 2.33. The number of amides is 1. The molecule has 2 aromatic rings. The van der Waals surface area contributed by atoms with Gasteiger partial charge in [0, 0.05) is 43.6 Å². The third-order valence-corrected chi connectivity index (χ3v) is 6.19. The van der Waals surface area contributed by atoms with Crippen LogP contribution in [0.4, 0.5) is 0 Å². The normalized spacial score (nSPS) is 15.9. The number of aromatic nitrogens is 1. The van der Waals surface area contributed by atoms with Crippen LogP contribution in [0, 0.1) is 0 Å². The SMILES string of the molecule is CCCCCC(=O)Oc1cccc2c(OCCOC)cc(C(=O)N(C(C)C)[C@@H]3CCCNC3)nc12. The number of ether oxygens (including phenoxy) is 3. The molecule has 1 aliphatic heterocycles. The van der Waals surface area contributed by atoms with Crippen LogP contribution >= 0.6 is 0 Å². The highest BCUT2D eigenvalue weighted by Gasteiger charge is 2.30. The van der Waals surface area contributed by atoms with E-state index in [-0.39, 0.29) is 29.7 Å². The summed E-state index contributed by atoms with van der Waals surface area (Å²) in [5.41, 5.74) is 0.721. The number of hydrogen-bond acceptors (Lipinski definition) is 7. The summed E-state index contributed by atoms with van der Waals surface area (Å²) >= 11 is 0. The van der Waals surface area contributed by atoms with E-state index in [0.29, 0.717) is 42.0 Å². The van der Waals surface area contributed by atoms with Crippen molar-refractivity contribution in [3.8, 4) is 11.5 Å². The Hall–Kier alpha value is -2.71. The summed E-state index contributed by atoms with van der Waals surface area (Å²) in [5.74, 6) is 0.398. The van der Waals surface area contributed by atoms with Crippen molar-refractivity contribution in [2.45, 2.75) is 71.4 Å². The number of carbonyl (C=O) groups is 2. The van der Waals surface area contributed by atoms with Crippen molar-refractivity contribution in [1.82, 2.24) is 15.2 Å². The Kier molecular flexibility index (Phi) is 10.3. The Morgan fingerprint density at radius 2 is 2.03 bits per heavy atom. The smallest absolute Gasteiger partial charge is 0.311 e. The van der Waals surface area contributed by atoms with E-state index in [1.54, 1.807) is 25.3 Å². The maximum Gasteiger partial charge on any atom is 0.311 e. The number of fused-ring (bicyclic) bond motifs is 1. The van der Waals surface area contributed by atoms with Crippen LogP contribution in [-0.4, -0.2) is 67.3 Å². The zero-order valence-electron chi connectivity index (χ0n) is 21.5. The number of methoxy groups -OCH3 is 1. The third kappa shape index (κ3) is 7.15. The maximum absolute atomic E-state index is 13.8. The highest BCUT2D eigenvalue weighted by atomic mass is 16.5. The number of pyridine rings is 1. The van der Waals surface area contributed by atoms with E-state index < -0.39 is 0 Å².